The number of carboxylic acids is 1. The molecule has 0 unspecified atom stereocenters. The Hall–Kier alpha value is -1.51. The lowest BCUT2D eigenvalue weighted by Gasteiger charge is -2.19. The molecule has 0 bridgehead atoms. The number of phenols is 1. The highest BCUT2D eigenvalue weighted by Crippen LogP contribution is 2.51. The molecule has 0 aromatic heterocycles. The van der Waals surface area contributed by atoms with E-state index in [-0.39, 0.29) is 5.75 Å². The van der Waals surface area contributed by atoms with Gasteiger partial charge in [0, 0.05) is 0 Å². The molecule has 2 N–H and O–H groups in total. The van der Waals surface area contributed by atoms with E-state index in [1.54, 1.807) is 6.07 Å². The minimum absolute atomic E-state index is 0.250. The first-order chi connectivity index (χ1) is 7.40. The molecule has 1 aromatic rings. The summed E-state index contributed by atoms with van der Waals surface area (Å²) in [5.41, 5.74) is 2.79. The zero-order chi connectivity index (χ0) is 12.1. The summed E-state index contributed by atoms with van der Waals surface area (Å²) in [7, 11) is 0. The van der Waals surface area contributed by atoms with Gasteiger partial charge in [0.2, 0.25) is 0 Å². The molecule has 1 fully saturated rings. The molecule has 1 saturated carbocycles. The highest BCUT2D eigenvalue weighted by Gasteiger charge is 2.53. The van der Waals surface area contributed by atoms with Gasteiger partial charge in [-0.2, -0.15) is 0 Å². The highest BCUT2D eigenvalue weighted by molar-refractivity contribution is 5.86. The van der Waals surface area contributed by atoms with Gasteiger partial charge >= 0.3 is 5.97 Å². The van der Waals surface area contributed by atoms with Crippen LogP contribution in [0.25, 0.3) is 0 Å². The lowest BCUT2D eigenvalue weighted by atomic mass is 9.85. The van der Waals surface area contributed by atoms with Crippen LogP contribution in [0.15, 0.2) is 6.07 Å². The smallest absolute Gasteiger partial charge is 0.314 e. The predicted octanol–water partition coefficient (Wildman–Crippen LogP) is 2.43. The van der Waals surface area contributed by atoms with Crippen LogP contribution in [0.2, 0.25) is 0 Å². The lowest BCUT2D eigenvalue weighted by molar-refractivity contribution is -0.140. The highest BCUT2D eigenvalue weighted by atomic mass is 16.4. The van der Waals surface area contributed by atoms with Crippen molar-refractivity contribution in [2.24, 2.45) is 0 Å². The molecule has 16 heavy (non-hydrogen) atoms. The number of aromatic hydroxyl groups is 1. The van der Waals surface area contributed by atoms with Gasteiger partial charge in [0.15, 0.2) is 0 Å². The summed E-state index contributed by atoms with van der Waals surface area (Å²) in [6, 6.07) is 1.67. The van der Waals surface area contributed by atoms with Crippen LogP contribution in [0.1, 0.15) is 35.1 Å². The van der Waals surface area contributed by atoms with Crippen molar-refractivity contribution in [1.29, 1.82) is 0 Å². The minimum Gasteiger partial charge on any atom is -0.508 e. The number of phenolic OH excluding ortho intramolecular Hbond substituents is 1. The van der Waals surface area contributed by atoms with Crippen LogP contribution in [0.5, 0.6) is 5.75 Å². The van der Waals surface area contributed by atoms with Crippen LogP contribution in [-0.4, -0.2) is 16.2 Å². The van der Waals surface area contributed by atoms with Gasteiger partial charge in [-0.15, -0.1) is 0 Å². The molecule has 0 saturated heterocycles. The fourth-order valence-electron chi connectivity index (χ4n) is 2.49. The normalized spacial score (nSPS) is 17.2. The second-order valence-corrected chi connectivity index (χ2v) is 4.72. The van der Waals surface area contributed by atoms with E-state index in [1.165, 1.54) is 0 Å². The third-order valence-electron chi connectivity index (χ3n) is 3.71. The largest absolute Gasteiger partial charge is 0.508 e. The van der Waals surface area contributed by atoms with Crippen LogP contribution >= 0.6 is 0 Å². The number of carboxylic acid groups (broad SMARTS) is 1. The summed E-state index contributed by atoms with van der Waals surface area (Å²) in [4.78, 5) is 11.3. The van der Waals surface area contributed by atoms with Crippen molar-refractivity contribution in [3.63, 3.8) is 0 Å². The quantitative estimate of drug-likeness (QED) is 0.804. The van der Waals surface area contributed by atoms with Crippen molar-refractivity contribution >= 4 is 5.97 Å². The standard InChI is InChI=1S/C13H16O3/c1-7-6-10(14)8(2)9(3)11(7)13(4-5-13)12(15)16/h6,14H,4-5H2,1-3H3,(H,15,16). The number of hydrogen-bond acceptors (Lipinski definition) is 2. The van der Waals surface area contributed by atoms with Crippen molar-refractivity contribution in [2.45, 2.75) is 39.0 Å². The molecule has 1 aliphatic carbocycles. The van der Waals surface area contributed by atoms with Crippen molar-refractivity contribution in [3.8, 4) is 5.75 Å². The Bertz CT molecular complexity index is 471. The van der Waals surface area contributed by atoms with E-state index < -0.39 is 11.4 Å². The minimum atomic E-state index is -0.746. The number of benzene rings is 1. The van der Waals surface area contributed by atoms with Crippen molar-refractivity contribution in [2.75, 3.05) is 0 Å². The van der Waals surface area contributed by atoms with Crippen LogP contribution in [0.3, 0.4) is 0 Å². The third kappa shape index (κ3) is 1.31. The van der Waals surface area contributed by atoms with Crippen LogP contribution < -0.4 is 0 Å². The lowest BCUT2D eigenvalue weighted by Crippen LogP contribution is -2.22. The van der Waals surface area contributed by atoms with E-state index in [1.807, 2.05) is 20.8 Å². The molecule has 0 spiro atoms. The molecule has 0 radical (unpaired) electrons. The fraction of sp³-hybridized carbons (Fsp3) is 0.462. The maximum atomic E-state index is 11.3. The maximum absolute atomic E-state index is 11.3. The SMILES string of the molecule is Cc1cc(O)c(C)c(C)c1C1(C(=O)O)CC1. The molecule has 3 nitrogen and oxygen atoms in total. The molecule has 1 aliphatic rings. The van der Waals surface area contributed by atoms with Crippen LogP contribution in [-0.2, 0) is 10.2 Å². The number of carbonyl (C=O) groups is 1. The molecule has 0 atom stereocenters. The second kappa shape index (κ2) is 3.24. The van der Waals surface area contributed by atoms with Crippen molar-refractivity contribution in [3.05, 3.63) is 28.3 Å². The molecule has 0 aliphatic heterocycles. The average Bonchev–Trinajstić information content (AvgIpc) is 2.96. The fourth-order valence-corrected chi connectivity index (χ4v) is 2.49. The van der Waals surface area contributed by atoms with Crippen LogP contribution in [0, 0.1) is 20.8 Å². The Labute approximate surface area is 94.7 Å². The molecular weight excluding hydrogens is 204 g/mol. The number of aliphatic carboxylic acids is 1. The Balaban J connectivity index is 2.67. The molecule has 0 heterocycles. The van der Waals surface area contributed by atoms with Gasteiger partial charge in [-0.3, -0.25) is 4.79 Å². The summed E-state index contributed by atoms with van der Waals surface area (Å²) < 4.78 is 0. The summed E-state index contributed by atoms with van der Waals surface area (Å²) >= 11 is 0. The summed E-state index contributed by atoms with van der Waals surface area (Å²) in [6.07, 6.45) is 1.41. The molecule has 1 aromatic carbocycles. The van der Waals surface area contributed by atoms with Crippen molar-refractivity contribution < 1.29 is 15.0 Å². The van der Waals surface area contributed by atoms with E-state index >= 15 is 0 Å². The number of rotatable bonds is 2. The van der Waals surface area contributed by atoms with E-state index in [0.717, 1.165) is 22.3 Å². The third-order valence-corrected chi connectivity index (χ3v) is 3.71. The van der Waals surface area contributed by atoms with Gasteiger partial charge in [-0.05, 0) is 61.9 Å². The topological polar surface area (TPSA) is 57.5 Å². The monoisotopic (exact) mass is 220 g/mol. The summed E-state index contributed by atoms with van der Waals surface area (Å²) in [6.45, 7) is 5.58. The van der Waals surface area contributed by atoms with Gasteiger partial charge < -0.3 is 10.2 Å². The van der Waals surface area contributed by atoms with E-state index in [4.69, 9.17) is 0 Å². The summed E-state index contributed by atoms with van der Waals surface area (Å²) in [5.74, 6) is -0.497. The number of hydrogen-bond donors (Lipinski definition) is 2. The van der Waals surface area contributed by atoms with Crippen molar-refractivity contribution in [1.82, 2.24) is 0 Å². The Morgan fingerprint density at radius 2 is 1.81 bits per heavy atom. The predicted molar refractivity (Wildman–Crippen MR) is 60.9 cm³/mol. The Morgan fingerprint density at radius 3 is 2.25 bits per heavy atom. The van der Waals surface area contributed by atoms with Gasteiger partial charge in [0.1, 0.15) is 5.75 Å². The zero-order valence-corrected chi connectivity index (χ0v) is 9.79. The van der Waals surface area contributed by atoms with Gasteiger partial charge in [-0.1, -0.05) is 0 Å². The number of aryl methyl sites for hydroxylation is 1. The average molecular weight is 220 g/mol. The van der Waals surface area contributed by atoms with E-state index in [0.29, 0.717) is 12.8 Å². The Morgan fingerprint density at radius 1 is 1.25 bits per heavy atom. The van der Waals surface area contributed by atoms with Gasteiger partial charge in [-0.25, -0.2) is 0 Å². The maximum Gasteiger partial charge on any atom is 0.314 e. The molecule has 86 valence electrons. The Kier molecular flexibility index (Phi) is 2.22. The first kappa shape index (κ1) is 11.0. The first-order valence-electron chi connectivity index (χ1n) is 5.44. The summed E-state index contributed by atoms with van der Waals surface area (Å²) in [5, 5.41) is 19.0. The second-order valence-electron chi connectivity index (χ2n) is 4.72. The van der Waals surface area contributed by atoms with Gasteiger partial charge in [0.05, 0.1) is 5.41 Å². The molecule has 0 amide bonds. The first-order valence-corrected chi connectivity index (χ1v) is 5.44. The van der Waals surface area contributed by atoms with E-state index in [2.05, 4.69) is 0 Å². The molecular formula is C13H16O3. The van der Waals surface area contributed by atoms with Gasteiger partial charge in [0.25, 0.3) is 0 Å². The zero-order valence-electron chi connectivity index (χ0n) is 9.79. The van der Waals surface area contributed by atoms with Crippen LogP contribution in [0.4, 0.5) is 0 Å². The molecule has 2 rings (SSSR count). The van der Waals surface area contributed by atoms with E-state index in [9.17, 15) is 15.0 Å². The molecule has 3 heteroatoms.